The third-order valence-corrected chi connectivity index (χ3v) is 7.51. The van der Waals surface area contributed by atoms with Gasteiger partial charge < -0.3 is 14.4 Å². The highest BCUT2D eigenvalue weighted by Crippen LogP contribution is 2.38. The van der Waals surface area contributed by atoms with Crippen LogP contribution in [0.2, 0.25) is 0 Å². The third kappa shape index (κ3) is 3.95. The number of aryl methyl sites for hydroxylation is 1. The van der Waals surface area contributed by atoms with Crippen LogP contribution in [-0.4, -0.2) is 52.8 Å². The Morgan fingerprint density at radius 3 is 2.79 bits per heavy atom. The predicted molar refractivity (Wildman–Crippen MR) is 135 cm³/mol. The second-order valence-electron chi connectivity index (χ2n) is 10.3. The first-order valence-electron chi connectivity index (χ1n) is 12.0. The Balaban J connectivity index is 1.69. The Labute approximate surface area is 205 Å². The molecule has 5 rings (SSSR count). The van der Waals surface area contributed by atoms with Gasteiger partial charge in [-0.15, -0.1) is 0 Å². The van der Waals surface area contributed by atoms with Crippen molar-refractivity contribution in [2.45, 2.75) is 52.5 Å². The zero-order valence-corrected chi connectivity index (χ0v) is 21.5. The van der Waals surface area contributed by atoms with Gasteiger partial charge in [0.1, 0.15) is 11.6 Å². The normalized spacial score (nSPS) is 16.9. The molecule has 1 saturated heterocycles. The molecule has 0 unspecified atom stereocenters. The smallest absolute Gasteiger partial charge is 0.274 e. The van der Waals surface area contributed by atoms with Gasteiger partial charge >= 0.3 is 0 Å². The van der Waals surface area contributed by atoms with E-state index in [9.17, 15) is 4.79 Å². The molecular weight excluding hydrogens is 446 g/mol. The van der Waals surface area contributed by atoms with Crippen LogP contribution in [-0.2, 0) is 24.0 Å². The Morgan fingerprint density at radius 2 is 2.12 bits per heavy atom. The molecule has 0 bridgehead atoms. The van der Waals surface area contributed by atoms with E-state index in [-0.39, 0.29) is 11.4 Å². The van der Waals surface area contributed by atoms with Crippen LogP contribution in [0, 0.1) is 5.92 Å². The number of benzene rings is 1. The molecular formula is C27H33N3O3S. The molecule has 180 valence electrons. The number of aromatic nitrogens is 2. The summed E-state index contributed by atoms with van der Waals surface area (Å²) >= 11 is 1.64. The average Bonchev–Trinajstić information content (AvgIpc) is 3.45. The van der Waals surface area contributed by atoms with Crippen LogP contribution in [0.3, 0.4) is 0 Å². The molecule has 1 fully saturated rings. The second-order valence-corrected chi connectivity index (χ2v) is 11.1. The topological polar surface area (TPSA) is 56.6 Å². The Kier molecular flexibility index (Phi) is 6.02. The standard InChI is InChI=1S/C27H33N3O3S/c1-17(2)12-20-13-22-18(14-23(20)32-5)6-7-21-24(26(31)29-9-10-33-16-27(29,3)4)28-25(30(21)22)19-8-11-34-15-19/h8,11,13-15,17H,6-7,9-10,12,16H2,1-5H3. The molecule has 6 nitrogen and oxygen atoms in total. The van der Waals surface area contributed by atoms with Gasteiger partial charge in [-0.1, -0.05) is 13.8 Å². The molecule has 0 atom stereocenters. The van der Waals surface area contributed by atoms with Gasteiger partial charge in [0.25, 0.3) is 5.91 Å². The summed E-state index contributed by atoms with van der Waals surface area (Å²) in [5.41, 5.74) is 5.79. The SMILES string of the molecule is COc1cc2c(cc1CC(C)C)-n1c(-c3ccsc3)nc(C(=O)N3CCOCC3(C)C)c1CC2. The third-order valence-electron chi connectivity index (χ3n) is 6.83. The molecule has 2 aromatic heterocycles. The summed E-state index contributed by atoms with van der Waals surface area (Å²) in [6.45, 7) is 10.2. The maximum Gasteiger partial charge on any atom is 0.274 e. The second kappa shape index (κ2) is 8.86. The number of imidazole rings is 1. The molecule has 0 aliphatic carbocycles. The molecule has 0 radical (unpaired) electrons. The number of fused-ring (bicyclic) bond motifs is 3. The molecule has 3 aromatic rings. The van der Waals surface area contributed by atoms with Crippen LogP contribution >= 0.6 is 11.3 Å². The Bertz CT molecular complexity index is 1210. The summed E-state index contributed by atoms with van der Waals surface area (Å²) in [7, 11) is 1.74. The molecule has 34 heavy (non-hydrogen) atoms. The quantitative estimate of drug-likeness (QED) is 0.507. The van der Waals surface area contributed by atoms with Gasteiger partial charge in [0.15, 0.2) is 5.69 Å². The number of morpholine rings is 1. The number of ether oxygens (including phenoxy) is 2. The highest BCUT2D eigenvalue weighted by Gasteiger charge is 2.38. The fourth-order valence-electron chi connectivity index (χ4n) is 5.17. The summed E-state index contributed by atoms with van der Waals surface area (Å²) in [4.78, 5) is 20.8. The monoisotopic (exact) mass is 479 g/mol. The number of rotatable bonds is 5. The minimum Gasteiger partial charge on any atom is -0.496 e. The van der Waals surface area contributed by atoms with Crippen molar-refractivity contribution >= 4 is 17.2 Å². The maximum absolute atomic E-state index is 13.9. The van der Waals surface area contributed by atoms with E-state index >= 15 is 0 Å². The highest BCUT2D eigenvalue weighted by molar-refractivity contribution is 7.08. The minimum atomic E-state index is -0.362. The van der Waals surface area contributed by atoms with Crippen LogP contribution in [0.15, 0.2) is 29.0 Å². The van der Waals surface area contributed by atoms with E-state index in [0.717, 1.165) is 47.8 Å². The first-order chi connectivity index (χ1) is 16.3. The number of thiophene rings is 1. The number of hydrogen-bond donors (Lipinski definition) is 0. The summed E-state index contributed by atoms with van der Waals surface area (Å²) in [5, 5.41) is 4.17. The van der Waals surface area contributed by atoms with Crippen molar-refractivity contribution in [1.82, 2.24) is 14.5 Å². The van der Waals surface area contributed by atoms with E-state index in [1.165, 1.54) is 11.1 Å². The number of amides is 1. The minimum absolute atomic E-state index is 0.00195. The number of carbonyl (C=O) groups is 1. The van der Waals surface area contributed by atoms with Crippen LogP contribution in [0.4, 0.5) is 0 Å². The van der Waals surface area contributed by atoms with Crippen molar-refractivity contribution in [2.24, 2.45) is 5.92 Å². The Morgan fingerprint density at radius 1 is 1.29 bits per heavy atom. The van der Waals surface area contributed by atoms with Crippen LogP contribution < -0.4 is 4.74 Å². The van der Waals surface area contributed by atoms with E-state index in [1.54, 1.807) is 18.4 Å². The number of methoxy groups -OCH3 is 1. The van der Waals surface area contributed by atoms with Crippen LogP contribution in [0.5, 0.6) is 5.75 Å². The van der Waals surface area contributed by atoms with E-state index < -0.39 is 0 Å². The fraction of sp³-hybridized carbons (Fsp3) is 0.481. The summed E-state index contributed by atoms with van der Waals surface area (Å²) in [6.07, 6.45) is 2.56. The number of hydrogen-bond acceptors (Lipinski definition) is 5. The van der Waals surface area contributed by atoms with Crippen molar-refractivity contribution in [3.8, 4) is 22.8 Å². The number of carbonyl (C=O) groups excluding carboxylic acids is 1. The highest BCUT2D eigenvalue weighted by atomic mass is 32.1. The van der Waals surface area contributed by atoms with E-state index in [2.05, 4.69) is 61.2 Å². The molecule has 2 aliphatic heterocycles. The lowest BCUT2D eigenvalue weighted by Crippen LogP contribution is -2.55. The number of nitrogens with zero attached hydrogens (tertiary/aromatic N) is 3. The van der Waals surface area contributed by atoms with Gasteiger partial charge in [-0.2, -0.15) is 11.3 Å². The van der Waals surface area contributed by atoms with Gasteiger partial charge in [-0.25, -0.2) is 4.98 Å². The molecule has 0 spiro atoms. The molecule has 0 saturated carbocycles. The molecule has 2 aliphatic rings. The molecule has 7 heteroatoms. The van der Waals surface area contributed by atoms with Crippen LogP contribution in [0.1, 0.15) is 55.0 Å². The van der Waals surface area contributed by atoms with Gasteiger partial charge in [0.2, 0.25) is 0 Å². The fourth-order valence-corrected chi connectivity index (χ4v) is 5.80. The summed E-state index contributed by atoms with van der Waals surface area (Å²) in [6, 6.07) is 6.52. The lowest BCUT2D eigenvalue weighted by atomic mass is 9.94. The van der Waals surface area contributed by atoms with E-state index in [0.29, 0.717) is 31.4 Å². The van der Waals surface area contributed by atoms with Crippen molar-refractivity contribution in [3.63, 3.8) is 0 Å². The molecule has 0 N–H and O–H groups in total. The largest absolute Gasteiger partial charge is 0.496 e. The Hall–Kier alpha value is -2.64. The van der Waals surface area contributed by atoms with Gasteiger partial charge in [0.05, 0.1) is 37.2 Å². The zero-order valence-electron chi connectivity index (χ0n) is 20.7. The predicted octanol–water partition coefficient (Wildman–Crippen LogP) is 5.16. The first-order valence-corrected chi connectivity index (χ1v) is 13.0. The zero-order chi connectivity index (χ0) is 24.0. The molecule has 1 amide bonds. The summed E-state index contributed by atoms with van der Waals surface area (Å²) in [5.74, 6) is 2.29. The average molecular weight is 480 g/mol. The van der Waals surface area contributed by atoms with E-state index in [4.69, 9.17) is 14.5 Å². The van der Waals surface area contributed by atoms with Crippen molar-refractivity contribution in [2.75, 3.05) is 26.9 Å². The molecule has 4 heterocycles. The van der Waals surface area contributed by atoms with Gasteiger partial charge in [-0.3, -0.25) is 9.36 Å². The lowest BCUT2D eigenvalue weighted by Gasteiger charge is -2.41. The maximum atomic E-state index is 13.9. The van der Waals surface area contributed by atoms with Crippen molar-refractivity contribution < 1.29 is 14.3 Å². The first kappa shape index (κ1) is 23.1. The van der Waals surface area contributed by atoms with Crippen LogP contribution in [0.25, 0.3) is 17.1 Å². The lowest BCUT2D eigenvalue weighted by molar-refractivity contribution is -0.0373. The molecule has 1 aromatic carbocycles. The van der Waals surface area contributed by atoms with Crippen molar-refractivity contribution in [1.29, 1.82) is 0 Å². The van der Waals surface area contributed by atoms with Gasteiger partial charge in [0, 0.05) is 17.5 Å². The van der Waals surface area contributed by atoms with E-state index in [1.807, 2.05) is 4.90 Å². The van der Waals surface area contributed by atoms with Crippen molar-refractivity contribution in [3.05, 3.63) is 51.5 Å². The van der Waals surface area contributed by atoms with Gasteiger partial charge in [-0.05, 0) is 73.7 Å². The summed E-state index contributed by atoms with van der Waals surface area (Å²) < 4.78 is 13.6.